The highest BCUT2D eigenvalue weighted by atomic mass is 16.5. The molecule has 0 amide bonds. The van der Waals surface area contributed by atoms with E-state index in [1.54, 1.807) is 61.7 Å². The number of carbonyl (C=O) groups is 3. The van der Waals surface area contributed by atoms with Crippen LogP contribution in [0.15, 0.2) is 125 Å². The van der Waals surface area contributed by atoms with Gasteiger partial charge in [-0.15, -0.1) is 0 Å². The van der Waals surface area contributed by atoms with Crippen molar-refractivity contribution in [2.24, 2.45) is 10.2 Å². The van der Waals surface area contributed by atoms with Gasteiger partial charge >= 0.3 is 5.97 Å². The van der Waals surface area contributed by atoms with E-state index in [4.69, 9.17) is 33.7 Å². The van der Waals surface area contributed by atoms with E-state index in [1.165, 1.54) is 26.2 Å². The van der Waals surface area contributed by atoms with Crippen LogP contribution in [0.2, 0.25) is 0 Å². The third-order valence-corrected chi connectivity index (χ3v) is 11.5. The Labute approximate surface area is 414 Å². The molecule has 0 aliphatic carbocycles. The number of ketones is 2. The molecule has 70 heavy (non-hydrogen) atoms. The molecule has 0 spiro atoms. The van der Waals surface area contributed by atoms with E-state index in [-0.39, 0.29) is 11.6 Å². The number of Topliss-reactive ketones (excluding diaryl/α,β-unsaturated/α-hetero) is 1. The molecule has 0 fully saturated rings. The second-order valence-electron chi connectivity index (χ2n) is 17.2. The van der Waals surface area contributed by atoms with Crippen molar-refractivity contribution in [2.45, 2.75) is 110 Å². The van der Waals surface area contributed by atoms with E-state index in [1.807, 2.05) is 60.7 Å². The predicted octanol–water partition coefficient (Wildman–Crippen LogP) is 14.4. The Bertz CT molecular complexity index is 2380. The lowest BCUT2D eigenvalue weighted by molar-refractivity contribution is 0.0497. The maximum atomic E-state index is 13.1. The van der Waals surface area contributed by atoms with Crippen LogP contribution in [0.1, 0.15) is 152 Å². The van der Waals surface area contributed by atoms with Crippen molar-refractivity contribution in [1.29, 1.82) is 5.26 Å². The Kier molecular flexibility index (Phi) is 24.8. The first-order valence-electron chi connectivity index (χ1n) is 24.9. The van der Waals surface area contributed by atoms with Crippen molar-refractivity contribution in [3.05, 3.63) is 143 Å². The van der Waals surface area contributed by atoms with Gasteiger partial charge in [0.15, 0.2) is 11.6 Å². The SMILES string of the molecule is COCCCCCCCCOc1ccc(C(=O)c2ccc(OCCCCCCCCOC(=O)c3cc(OCCCCCCOc4ccc(N=Nc5ccc(C#N)cc5)cc4)cc(C(C)=O)c3)cc2)cc1. The number of rotatable bonds is 35. The Morgan fingerprint density at radius 1 is 0.429 bits per heavy atom. The number of benzene rings is 5. The summed E-state index contributed by atoms with van der Waals surface area (Å²) in [7, 11) is 1.74. The van der Waals surface area contributed by atoms with Crippen molar-refractivity contribution in [3.63, 3.8) is 0 Å². The fourth-order valence-electron chi connectivity index (χ4n) is 7.44. The quantitative estimate of drug-likeness (QED) is 0.0166. The number of methoxy groups -OCH3 is 1. The van der Waals surface area contributed by atoms with Crippen LogP contribution in [0.25, 0.3) is 0 Å². The average molecular weight is 952 g/mol. The summed E-state index contributed by atoms with van der Waals surface area (Å²) in [4.78, 5) is 38.3. The largest absolute Gasteiger partial charge is 0.494 e. The third-order valence-electron chi connectivity index (χ3n) is 11.5. The first kappa shape index (κ1) is 54.1. The van der Waals surface area contributed by atoms with E-state index in [0.29, 0.717) is 78.0 Å². The molecular formula is C58H69N3O9. The highest BCUT2D eigenvalue weighted by molar-refractivity contribution is 6.09. The maximum Gasteiger partial charge on any atom is 0.338 e. The van der Waals surface area contributed by atoms with Crippen LogP contribution in [0.4, 0.5) is 11.4 Å². The minimum atomic E-state index is -0.467. The van der Waals surface area contributed by atoms with Gasteiger partial charge in [0, 0.05) is 30.4 Å². The lowest BCUT2D eigenvalue weighted by Crippen LogP contribution is -2.09. The average Bonchev–Trinajstić information content (AvgIpc) is 3.39. The number of carbonyl (C=O) groups excluding carboxylic acids is 3. The number of nitriles is 1. The summed E-state index contributed by atoms with van der Waals surface area (Å²) in [6, 6.07) is 36.0. The molecule has 0 aliphatic heterocycles. The Morgan fingerprint density at radius 2 is 0.800 bits per heavy atom. The third kappa shape index (κ3) is 20.8. The molecule has 0 saturated heterocycles. The molecule has 0 heterocycles. The van der Waals surface area contributed by atoms with E-state index >= 15 is 0 Å². The van der Waals surface area contributed by atoms with E-state index in [0.717, 1.165) is 107 Å². The molecule has 0 aromatic heterocycles. The zero-order chi connectivity index (χ0) is 49.4. The molecular weight excluding hydrogens is 883 g/mol. The molecule has 0 bridgehead atoms. The van der Waals surface area contributed by atoms with Gasteiger partial charge in [0.05, 0.1) is 61.6 Å². The number of nitrogens with zero attached hydrogens (tertiary/aromatic N) is 3. The molecule has 0 saturated carbocycles. The van der Waals surface area contributed by atoms with Crippen molar-refractivity contribution >= 4 is 28.9 Å². The Hall–Kier alpha value is -6.84. The fraction of sp³-hybridized carbons (Fsp3) is 0.414. The summed E-state index contributed by atoms with van der Waals surface area (Å²) < 4.78 is 34.3. The number of azo groups is 1. The Balaban J connectivity index is 0.867. The smallest absolute Gasteiger partial charge is 0.338 e. The van der Waals surface area contributed by atoms with Gasteiger partial charge < -0.3 is 28.4 Å². The normalized spacial score (nSPS) is 11.0. The number of esters is 1. The molecule has 12 nitrogen and oxygen atoms in total. The van der Waals surface area contributed by atoms with E-state index < -0.39 is 5.97 Å². The van der Waals surface area contributed by atoms with Gasteiger partial charge in [0.1, 0.15) is 23.0 Å². The molecule has 0 radical (unpaired) electrons. The molecule has 12 heteroatoms. The number of hydrogen-bond acceptors (Lipinski definition) is 12. The Morgan fingerprint density at radius 3 is 1.23 bits per heavy atom. The van der Waals surface area contributed by atoms with Crippen molar-refractivity contribution in [1.82, 2.24) is 0 Å². The van der Waals surface area contributed by atoms with Gasteiger partial charge in [-0.25, -0.2) is 4.79 Å². The second kappa shape index (κ2) is 32.1. The monoisotopic (exact) mass is 952 g/mol. The summed E-state index contributed by atoms with van der Waals surface area (Å²) in [5.41, 5.74) is 3.90. The molecule has 0 unspecified atom stereocenters. The summed E-state index contributed by atoms with van der Waals surface area (Å²) >= 11 is 0. The lowest BCUT2D eigenvalue weighted by atomic mass is 10.0. The molecule has 5 aromatic carbocycles. The molecule has 0 N–H and O–H groups in total. The van der Waals surface area contributed by atoms with E-state index in [2.05, 4.69) is 16.3 Å². The topological polar surface area (TPSA) is 155 Å². The molecule has 370 valence electrons. The second-order valence-corrected chi connectivity index (χ2v) is 17.2. The highest BCUT2D eigenvalue weighted by Crippen LogP contribution is 2.24. The van der Waals surface area contributed by atoms with Crippen molar-refractivity contribution < 1.29 is 42.8 Å². The molecule has 5 aromatic rings. The minimum Gasteiger partial charge on any atom is -0.494 e. The summed E-state index contributed by atoms with van der Waals surface area (Å²) in [6.45, 7) is 4.93. The maximum absolute atomic E-state index is 13.1. The van der Waals surface area contributed by atoms with Gasteiger partial charge in [0.25, 0.3) is 0 Å². The molecule has 0 atom stereocenters. The zero-order valence-corrected chi connectivity index (χ0v) is 41.0. The van der Waals surface area contributed by atoms with E-state index in [9.17, 15) is 14.4 Å². The predicted molar refractivity (Wildman–Crippen MR) is 273 cm³/mol. The molecule has 0 aliphatic rings. The summed E-state index contributed by atoms with van der Waals surface area (Å²) in [6.07, 6.45) is 16.2. The van der Waals surface area contributed by atoms with Crippen LogP contribution < -0.4 is 18.9 Å². The summed E-state index contributed by atoms with van der Waals surface area (Å²) in [5, 5.41) is 17.4. The zero-order valence-electron chi connectivity index (χ0n) is 41.0. The number of ether oxygens (including phenoxy) is 6. The van der Waals surface area contributed by atoms with Crippen LogP contribution in [0.5, 0.6) is 23.0 Å². The van der Waals surface area contributed by atoms with Gasteiger partial charge in [0.2, 0.25) is 0 Å². The first-order valence-corrected chi connectivity index (χ1v) is 24.9. The lowest BCUT2D eigenvalue weighted by Gasteiger charge is -2.11. The number of hydrogen-bond donors (Lipinski definition) is 0. The van der Waals surface area contributed by atoms with Gasteiger partial charge in [-0.05, 0) is 174 Å². The minimum absolute atomic E-state index is 0.0374. The fourth-order valence-corrected chi connectivity index (χ4v) is 7.44. The van der Waals surface area contributed by atoms with Crippen LogP contribution in [-0.2, 0) is 9.47 Å². The standard InChI is InChI=1S/C58H69N3O9/c1-45(62)49-41-50(43-56(42-49)69-39-17-12-11-16-38-68-55-33-27-52(28-34-55)61-60-51-25-19-46(44-59)20-26-51)58(64)70-40-18-10-6-5-9-15-37-67-54-31-23-48(24-32-54)57(63)47-21-29-53(30-22-47)66-36-14-8-4-3-7-13-35-65-2/h19-34,41-43H,3-18,35-40H2,1-2H3. The van der Waals surface area contributed by atoms with Gasteiger partial charge in [-0.3, -0.25) is 9.59 Å². The highest BCUT2D eigenvalue weighted by Gasteiger charge is 2.14. The van der Waals surface area contributed by atoms with Crippen LogP contribution in [-0.4, -0.2) is 64.3 Å². The summed E-state index contributed by atoms with van der Waals surface area (Å²) in [5.74, 6) is 2.10. The number of unbranched alkanes of at least 4 members (excludes halogenated alkanes) is 13. The molecule has 5 rings (SSSR count). The first-order chi connectivity index (χ1) is 34.3. The van der Waals surface area contributed by atoms with Crippen molar-refractivity contribution in [2.75, 3.05) is 46.8 Å². The van der Waals surface area contributed by atoms with Gasteiger partial charge in [-0.2, -0.15) is 15.5 Å². The van der Waals surface area contributed by atoms with Crippen LogP contribution in [0.3, 0.4) is 0 Å². The van der Waals surface area contributed by atoms with Crippen LogP contribution >= 0.6 is 0 Å². The van der Waals surface area contributed by atoms with Crippen molar-refractivity contribution in [3.8, 4) is 29.1 Å². The van der Waals surface area contributed by atoms with Gasteiger partial charge in [-0.1, -0.05) is 51.4 Å². The van der Waals surface area contributed by atoms with Crippen LogP contribution in [0, 0.1) is 11.3 Å².